The summed E-state index contributed by atoms with van der Waals surface area (Å²) in [6.07, 6.45) is 6.71. The number of hydrogen-bond donors (Lipinski definition) is 0. The summed E-state index contributed by atoms with van der Waals surface area (Å²) < 4.78 is 1.96. The summed E-state index contributed by atoms with van der Waals surface area (Å²) in [6.45, 7) is 7.25. The summed E-state index contributed by atoms with van der Waals surface area (Å²) in [7, 11) is 0. The number of carbonyl (C=O) groups is 1. The molecule has 0 aliphatic heterocycles. The monoisotopic (exact) mass is 260 g/mol. The van der Waals surface area contributed by atoms with E-state index in [1.54, 1.807) is 0 Å². The molecule has 3 nitrogen and oxygen atoms in total. The van der Waals surface area contributed by atoms with Crippen LogP contribution in [0.3, 0.4) is 0 Å². The Balaban J connectivity index is 2.08. The Bertz CT molecular complexity index is 485. The Labute approximate surface area is 115 Å². The van der Waals surface area contributed by atoms with Crippen LogP contribution in [0.4, 0.5) is 0 Å². The zero-order valence-electron chi connectivity index (χ0n) is 12.3. The van der Waals surface area contributed by atoms with Crippen molar-refractivity contribution in [2.24, 2.45) is 5.92 Å². The van der Waals surface area contributed by atoms with Crippen LogP contribution in [0, 0.1) is 5.92 Å². The molecule has 0 fully saturated rings. The highest BCUT2D eigenvalue weighted by Crippen LogP contribution is 2.24. The quantitative estimate of drug-likeness (QED) is 0.814. The van der Waals surface area contributed by atoms with Gasteiger partial charge in [-0.25, -0.2) is 0 Å². The van der Waals surface area contributed by atoms with Crippen molar-refractivity contribution in [2.75, 3.05) is 0 Å². The first-order valence-electron chi connectivity index (χ1n) is 7.41. The standard InChI is InChI=1S/C16H24N2O/c1-4-14-10-15(18(5-2)17-14)11-16(19)13-8-6-12(3)7-9-13/h8,10,12H,4-7,9,11H2,1-3H3. The number of Topliss-reactive ketones (excluding diaryl/α,β-unsaturated/α-hetero) is 1. The molecule has 0 amide bonds. The molecular formula is C16H24N2O. The second-order valence-electron chi connectivity index (χ2n) is 5.51. The summed E-state index contributed by atoms with van der Waals surface area (Å²) in [6, 6.07) is 2.08. The highest BCUT2D eigenvalue weighted by molar-refractivity contribution is 5.96. The zero-order chi connectivity index (χ0) is 13.8. The van der Waals surface area contributed by atoms with Gasteiger partial charge in [0.15, 0.2) is 5.78 Å². The molecule has 0 radical (unpaired) electrons. The Morgan fingerprint density at radius 1 is 1.47 bits per heavy atom. The fourth-order valence-corrected chi connectivity index (χ4v) is 2.60. The van der Waals surface area contributed by atoms with Crippen molar-refractivity contribution in [3.05, 3.63) is 29.1 Å². The molecule has 1 aliphatic carbocycles. The first kappa shape index (κ1) is 14.0. The highest BCUT2D eigenvalue weighted by Gasteiger charge is 2.18. The lowest BCUT2D eigenvalue weighted by atomic mass is 9.88. The van der Waals surface area contributed by atoms with Crippen LogP contribution in [0.15, 0.2) is 17.7 Å². The van der Waals surface area contributed by atoms with E-state index in [1.807, 2.05) is 4.68 Å². The first-order valence-corrected chi connectivity index (χ1v) is 7.41. The Morgan fingerprint density at radius 3 is 2.84 bits per heavy atom. The minimum absolute atomic E-state index is 0.282. The smallest absolute Gasteiger partial charge is 0.164 e. The molecule has 1 aliphatic rings. The van der Waals surface area contributed by atoms with Gasteiger partial charge in [0.1, 0.15) is 0 Å². The van der Waals surface area contributed by atoms with Gasteiger partial charge in [-0.3, -0.25) is 9.48 Å². The maximum atomic E-state index is 12.3. The fourth-order valence-electron chi connectivity index (χ4n) is 2.60. The van der Waals surface area contributed by atoms with E-state index >= 15 is 0 Å². The molecule has 0 bridgehead atoms. The molecule has 1 aromatic rings. The van der Waals surface area contributed by atoms with Gasteiger partial charge >= 0.3 is 0 Å². The summed E-state index contributed by atoms with van der Waals surface area (Å²) in [5.74, 6) is 1.01. The van der Waals surface area contributed by atoms with E-state index in [4.69, 9.17) is 0 Å². The number of ketones is 1. The lowest BCUT2D eigenvalue weighted by Gasteiger charge is -2.17. The van der Waals surface area contributed by atoms with E-state index in [9.17, 15) is 4.79 Å². The maximum Gasteiger partial charge on any atom is 0.164 e. The summed E-state index contributed by atoms with van der Waals surface area (Å²) in [5.41, 5.74) is 3.17. The van der Waals surface area contributed by atoms with E-state index in [0.29, 0.717) is 6.42 Å². The molecule has 0 saturated carbocycles. The molecule has 1 aromatic heterocycles. The first-order chi connectivity index (χ1) is 9.13. The number of nitrogens with zero attached hydrogens (tertiary/aromatic N) is 2. The zero-order valence-corrected chi connectivity index (χ0v) is 12.3. The highest BCUT2D eigenvalue weighted by atomic mass is 16.1. The van der Waals surface area contributed by atoms with Crippen LogP contribution in [0.2, 0.25) is 0 Å². The third kappa shape index (κ3) is 3.34. The average molecular weight is 260 g/mol. The van der Waals surface area contributed by atoms with Gasteiger partial charge in [0.05, 0.1) is 12.1 Å². The molecule has 0 spiro atoms. The van der Waals surface area contributed by atoms with Gasteiger partial charge in [0.25, 0.3) is 0 Å². The molecule has 2 rings (SSSR count). The van der Waals surface area contributed by atoms with Gasteiger partial charge < -0.3 is 0 Å². The van der Waals surface area contributed by atoms with Crippen LogP contribution in [0.25, 0.3) is 0 Å². The minimum Gasteiger partial charge on any atom is -0.294 e. The molecule has 3 heteroatoms. The van der Waals surface area contributed by atoms with E-state index in [2.05, 4.69) is 38.0 Å². The normalized spacial score (nSPS) is 19.3. The molecule has 0 N–H and O–H groups in total. The number of rotatable bonds is 5. The van der Waals surface area contributed by atoms with E-state index in [-0.39, 0.29) is 5.78 Å². The van der Waals surface area contributed by atoms with E-state index in [1.165, 1.54) is 0 Å². The van der Waals surface area contributed by atoms with Gasteiger partial charge in [-0.15, -0.1) is 0 Å². The van der Waals surface area contributed by atoms with Crippen LogP contribution in [0.1, 0.15) is 51.4 Å². The van der Waals surface area contributed by atoms with Crippen LogP contribution >= 0.6 is 0 Å². The molecule has 0 aromatic carbocycles. The number of aromatic nitrogens is 2. The Hall–Kier alpha value is -1.38. The van der Waals surface area contributed by atoms with Gasteiger partial charge in [-0.05, 0) is 50.2 Å². The van der Waals surface area contributed by atoms with Crippen molar-refractivity contribution < 1.29 is 4.79 Å². The van der Waals surface area contributed by atoms with Gasteiger partial charge in [-0.1, -0.05) is 19.9 Å². The van der Waals surface area contributed by atoms with Crippen molar-refractivity contribution >= 4 is 5.78 Å². The average Bonchev–Trinajstić information content (AvgIpc) is 2.81. The topological polar surface area (TPSA) is 34.9 Å². The second kappa shape index (κ2) is 6.18. The maximum absolute atomic E-state index is 12.3. The van der Waals surface area contributed by atoms with Gasteiger partial charge in [0.2, 0.25) is 0 Å². The lowest BCUT2D eigenvalue weighted by molar-refractivity contribution is -0.115. The van der Waals surface area contributed by atoms with Gasteiger partial charge in [-0.2, -0.15) is 5.10 Å². The fraction of sp³-hybridized carbons (Fsp3) is 0.625. The largest absolute Gasteiger partial charge is 0.294 e. The predicted molar refractivity (Wildman–Crippen MR) is 77.1 cm³/mol. The predicted octanol–water partition coefficient (Wildman–Crippen LogP) is 3.32. The van der Waals surface area contributed by atoms with Crippen LogP contribution in [0.5, 0.6) is 0 Å². The van der Waals surface area contributed by atoms with Crippen LogP contribution in [-0.4, -0.2) is 15.6 Å². The molecule has 1 unspecified atom stereocenters. The number of carbonyl (C=O) groups excluding carboxylic acids is 1. The lowest BCUT2D eigenvalue weighted by Crippen LogP contribution is -2.14. The summed E-state index contributed by atoms with van der Waals surface area (Å²) in [5, 5.41) is 4.50. The van der Waals surface area contributed by atoms with Crippen molar-refractivity contribution in [1.82, 2.24) is 9.78 Å². The number of allylic oxidation sites excluding steroid dienone is 2. The molecule has 1 atom stereocenters. The third-order valence-electron chi connectivity index (χ3n) is 3.95. The molecule has 0 saturated heterocycles. The van der Waals surface area contributed by atoms with Crippen molar-refractivity contribution in [1.29, 1.82) is 0 Å². The molecule has 104 valence electrons. The Morgan fingerprint density at radius 2 is 2.26 bits per heavy atom. The number of hydrogen-bond acceptors (Lipinski definition) is 2. The number of aryl methyl sites for hydroxylation is 2. The van der Waals surface area contributed by atoms with E-state index < -0.39 is 0 Å². The Kier molecular flexibility index (Phi) is 4.56. The third-order valence-corrected chi connectivity index (χ3v) is 3.95. The van der Waals surface area contributed by atoms with Crippen molar-refractivity contribution in [3.63, 3.8) is 0 Å². The van der Waals surface area contributed by atoms with Gasteiger partial charge in [0, 0.05) is 12.2 Å². The van der Waals surface area contributed by atoms with Crippen molar-refractivity contribution in [3.8, 4) is 0 Å². The minimum atomic E-state index is 0.282. The van der Waals surface area contributed by atoms with E-state index in [0.717, 1.165) is 55.1 Å². The molecule has 1 heterocycles. The molecular weight excluding hydrogens is 236 g/mol. The van der Waals surface area contributed by atoms with Crippen LogP contribution < -0.4 is 0 Å². The molecule has 19 heavy (non-hydrogen) atoms. The second-order valence-corrected chi connectivity index (χ2v) is 5.51. The summed E-state index contributed by atoms with van der Waals surface area (Å²) >= 11 is 0. The van der Waals surface area contributed by atoms with Crippen molar-refractivity contribution in [2.45, 2.75) is 59.4 Å². The van der Waals surface area contributed by atoms with Crippen LogP contribution in [-0.2, 0) is 24.2 Å². The summed E-state index contributed by atoms with van der Waals surface area (Å²) in [4.78, 5) is 12.3. The SMILES string of the molecule is CCc1cc(CC(=O)C2=CCC(C)CC2)n(CC)n1.